The Hall–Kier alpha value is -1.06. The molecule has 1 aliphatic rings. The van der Waals surface area contributed by atoms with Crippen LogP contribution in [0.25, 0.3) is 0 Å². The fraction of sp³-hybridized carbons (Fsp3) is 0.500. The lowest BCUT2D eigenvalue weighted by Gasteiger charge is -2.17. The normalized spacial score (nSPS) is 20.9. The second-order valence-electron chi connectivity index (χ2n) is 4.37. The Morgan fingerprint density at radius 3 is 2.93 bits per heavy atom. The topological polar surface area (TPSA) is 58.3 Å². The molecule has 15 heavy (non-hydrogen) atoms. The summed E-state index contributed by atoms with van der Waals surface area (Å²) in [6.45, 7) is 4.50. The number of hydrogen-bond acceptors (Lipinski definition) is 3. The number of nitrogens with two attached hydrogens (primary N) is 1. The number of hydrogen-bond donors (Lipinski definition) is 3. The molecular formula is C12H18N2O. The van der Waals surface area contributed by atoms with Crippen molar-refractivity contribution >= 4 is 5.69 Å². The van der Waals surface area contributed by atoms with Gasteiger partial charge in [-0.25, -0.2) is 0 Å². The van der Waals surface area contributed by atoms with E-state index in [0.29, 0.717) is 6.54 Å². The largest absolute Gasteiger partial charge is 0.390 e. The van der Waals surface area contributed by atoms with E-state index >= 15 is 0 Å². The molecule has 0 spiro atoms. The molecule has 0 bridgehead atoms. The van der Waals surface area contributed by atoms with Crippen molar-refractivity contribution in [1.29, 1.82) is 0 Å². The summed E-state index contributed by atoms with van der Waals surface area (Å²) < 4.78 is 0. The molecule has 82 valence electrons. The molecule has 0 saturated heterocycles. The van der Waals surface area contributed by atoms with Crippen LogP contribution in [0.2, 0.25) is 0 Å². The average Bonchev–Trinajstić information content (AvgIpc) is 2.60. The first kappa shape index (κ1) is 10.5. The van der Waals surface area contributed by atoms with Gasteiger partial charge in [-0.15, -0.1) is 0 Å². The molecule has 4 N–H and O–H groups in total. The van der Waals surface area contributed by atoms with Crippen LogP contribution in [-0.2, 0) is 6.42 Å². The van der Waals surface area contributed by atoms with Crippen molar-refractivity contribution in [3.05, 3.63) is 28.8 Å². The van der Waals surface area contributed by atoms with Crippen LogP contribution in [-0.4, -0.2) is 23.8 Å². The van der Waals surface area contributed by atoms with E-state index in [1.54, 1.807) is 0 Å². The lowest BCUT2D eigenvalue weighted by Crippen LogP contribution is -2.37. The van der Waals surface area contributed by atoms with Crippen molar-refractivity contribution in [3.8, 4) is 0 Å². The highest BCUT2D eigenvalue weighted by Gasteiger charge is 2.26. The van der Waals surface area contributed by atoms with Crippen LogP contribution >= 0.6 is 0 Å². The van der Waals surface area contributed by atoms with Gasteiger partial charge in [0.15, 0.2) is 0 Å². The number of fused-ring (bicyclic) bond motifs is 1. The zero-order chi connectivity index (χ0) is 11.0. The SMILES string of the molecule is Cc1cc(C)c2c(c1)CC(C(O)CN)N2. The fourth-order valence-corrected chi connectivity index (χ4v) is 2.29. The van der Waals surface area contributed by atoms with Gasteiger partial charge in [-0.2, -0.15) is 0 Å². The number of aryl methyl sites for hydroxylation is 2. The molecule has 2 rings (SSSR count). The molecule has 0 amide bonds. The summed E-state index contributed by atoms with van der Waals surface area (Å²) >= 11 is 0. The van der Waals surface area contributed by atoms with Crippen molar-refractivity contribution in [2.75, 3.05) is 11.9 Å². The molecule has 3 nitrogen and oxygen atoms in total. The molecule has 0 aliphatic carbocycles. The van der Waals surface area contributed by atoms with Crippen LogP contribution in [0.15, 0.2) is 12.1 Å². The van der Waals surface area contributed by atoms with E-state index in [2.05, 4.69) is 31.3 Å². The Labute approximate surface area is 90.3 Å². The third-order valence-corrected chi connectivity index (χ3v) is 3.04. The minimum Gasteiger partial charge on any atom is -0.390 e. The first-order chi connectivity index (χ1) is 7.11. The summed E-state index contributed by atoms with van der Waals surface area (Å²) in [4.78, 5) is 0. The molecule has 3 heteroatoms. The molecular weight excluding hydrogens is 188 g/mol. The monoisotopic (exact) mass is 206 g/mol. The van der Waals surface area contributed by atoms with Gasteiger partial charge >= 0.3 is 0 Å². The highest BCUT2D eigenvalue weighted by molar-refractivity contribution is 5.63. The summed E-state index contributed by atoms with van der Waals surface area (Å²) in [5, 5.41) is 13.1. The Morgan fingerprint density at radius 2 is 2.27 bits per heavy atom. The van der Waals surface area contributed by atoms with Gasteiger partial charge in [0.25, 0.3) is 0 Å². The summed E-state index contributed by atoms with van der Waals surface area (Å²) in [7, 11) is 0. The predicted molar refractivity (Wildman–Crippen MR) is 62.1 cm³/mol. The van der Waals surface area contributed by atoms with Gasteiger partial charge in [0, 0.05) is 12.2 Å². The molecule has 0 fully saturated rings. The molecule has 0 saturated carbocycles. The van der Waals surface area contributed by atoms with Gasteiger partial charge in [-0.05, 0) is 31.4 Å². The van der Waals surface area contributed by atoms with E-state index in [1.165, 1.54) is 22.4 Å². The van der Waals surface area contributed by atoms with E-state index < -0.39 is 6.10 Å². The molecule has 1 heterocycles. The van der Waals surface area contributed by atoms with Gasteiger partial charge < -0.3 is 16.2 Å². The Bertz CT molecular complexity index is 376. The lowest BCUT2D eigenvalue weighted by molar-refractivity contribution is 0.162. The number of nitrogens with one attached hydrogen (secondary N) is 1. The van der Waals surface area contributed by atoms with E-state index in [-0.39, 0.29) is 6.04 Å². The number of anilines is 1. The van der Waals surface area contributed by atoms with Gasteiger partial charge in [-0.1, -0.05) is 17.7 Å². The molecule has 0 aromatic heterocycles. The zero-order valence-corrected chi connectivity index (χ0v) is 9.25. The molecule has 1 aromatic rings. The third kappa shape index (κ3) is 1.85. The van der Waals surface area contributed by atoms with E-state index in [9.17, 15) is 5.11 Å². The minimum atomic E-state index is -0.461. The quantitative estimate of drug-likeness (QED) is 0.675. The number of aliphatic hydroxyl groups is 1. The van der Waals surface area contributed by atoms with Crippen LogP contribution in [0.5, 0.6) is 0 Å². The van der Waals surface area contributed by atoms with Crippen molar-refractivity contribution in [2.45, 2.75) is 32.4 Å². The highest BCUT2D eigenvalue weighted by Crippen LogP contribution is 2.31. The van der Waals surface area contributed by atoms with Gasteiger partial charge in [0.1, 0.15) is 0 Å². The molecule has 2 unspecified atom stereocenters. The average molecular weight is 206 g/mol. The van der Waals surface area contributed by atoms with Crippen molar-refractivity contribution in [2.24, 2.45) is 5.73 Å². The lowest BCUT2D eigenvalue weighted by atomic mass is 10.0. The predicted octanol–water partition coefficient (Wildman–Crippen LogP) is 0.960. The van der Waals surface area contributed by atoms with Crippen LogP contribution in [0, 0.1) is 13.8 Å². The number of rotatable bonds is 2. The first-order valence-electron chi connectivity index (χ1n) is 5.36. The van der Waals surface area contributed by atoms with Gasteiger partial charge in [-0.3, -0.25) is 0 Å². The maximum absolute atomic E-state index is 9.70. The maximum atomic E-state index is 9.70. The van der Waals surface area contributed by atoms with Crippen molar-refractivity contribution in [1.82, 2.24) is 0 Å². The minimum absolute atomic E-state index is 0.0745. The summed E-state index contributed by atoms with van der Waals surface area (Å²) in [5.41, 5.74) is 10.5. The van der Waals surface area contributed by atoms with Crippen molar-refractivity contribution in [3.63, 3.8) is 0 Å². The zero-order valence-electron chi connectivity index (χ0n) is 9.25. The van der Waals surface area contributed by atoms with E-state index in [4.69, 9.17) is 5.73 Å². The van der Waals surface area contributed by atoms with Gasteiger partial charge in [0.05, 0.1) is 12.1 Å². The third-order valence-electron chi connectivity index (χ3n) is 3.04. The molecule has 1 aromatic carbocycles. The Balaban J connectivity index is 2.27. The van der Waals surface area contributed by atoms with E-state index in [0.717, 1.165) is 6.42 Å². The second-order valence-corrected chi connectivity index (χ2v) is 4.37. The van der Waals surface area contributed by atoms with E-state index in [1.807, 2.05) is 0 Å². The standard InChI is InChI=1S/C12H18N2O/c1-7-3-8(2)12-9(4-7)5-10(14-12)11(15)6-13/h3-4,10-11,14-15H,5-6,13H2,1-2H3. The second kappa shape index (κ2) is 3.83. The van der Waals surface area contributed by atoms with Gasteiger partial charge in [0.2, 0.25) is 0 Å². The maximum Gasteiger partial charge on any atom is 0.0866 e. The van der Waals surface area contributed by atoms with Crippen LogP contribution < -0.4 is 11.1 Å². The molecule has 2 atom stereocenters. The summed E-state index contributed by atoms with van der Waals surface area (Å²) in [6.07, 6.45) is 0.410. The Kier molecular flexibility index (Phi) is 2.67. The fourth-order valence-electron chi connectivity index (χ4n) is 2.29. The number of aliphatic hydroxyl groups excluding tert-OH is 1. The summed E-state index contributed by atoms with van der Waals surface area (Å²) in [5.74, 6) is 0. The highest BCUT2D eigenvalue weighted by atomic mass is 16.3. The Morgan fingerprint density at radius 1 is 1.53 bits per heavy atom. The van der Waals surface area contributed by atoms with Crippen LogP contribution in [0.4, 0.5) is 5.69 Å². The molecule has 1 aliphatic heterocycles. The smallest absolute Gasteiger partial charge is 0.0866 e. The molecule has 0 radical (unpaired) electrons. The number of benzene rings is 1. The summed E-state index contributed by atoms with van der Waals surface area (Å²) in [6, 6.07) is 4.41. The van der Waals surface area contributed by atoms with Crippen molar-refractivity contribution < 1.29 is 5.11 Å². The van der Waals surface area contributed by atoms with Crippen LogP contribution in [0.1, 0.15) is 16.7 Å². The first-order valence-corrected chi connectivity index (χ1v) is 5.36. The van der Waals surface area contributed by atoms with Crippen LogP contribution in [0.3, 0.4) is 0 Å².